The fourth-order valence-electron chi connectivity index (χ4n) is 1.22. The van der Waals surface area contributed by atoms with Gasteiger partial charge >= 0.3 is 0 Å². The van der Waals surface area contributed by atoms with Crippen molar-refractivity contribution >= 4 is 0 Å². The zero-order valence-corrected chi connectivity index (χ0v) is 8.94. The second kappa shape index (κ2) is 5.07. The van der Waals surface area contributed by atoms with Gasteiger partial charge in [-0.25, -0.2) is 0 Å². The molecule has 0 aliphatic heterocycles. The van der Waals surface area contributed by atoms with E-state index in [1.165, 1.54) is 0 Å². The Hall–Kier alpha value is -0.940. The molecule has 14 heavy (non-hydrogen) atoms. The molecule has 0 aliphatic carbocycles. The number of aliphatic hydroxyl groups excluding tert-OH is 1. The molecule has 1 aromatic heterocycles. The summed E-state index contributed by atoms with van der Waals surface area (Å²) in [6.45, 7) is 4.95. The first-order valence-electron chi connectivity index (χ1n) is 4.83. The minimum absolute atomic E-state index is 0.122. The third kappa shape index (κ3) is 3.08. The van der Waals surface area contributed by atoms with Crippen LogP contribution < -0.4 is 5.32 Å². The number of hydrogen-bond donors (Lipinski definition) is 2. The summed E-state index contributed by atoms with van der Waals surface area (Å²) in [6.07, 6.45) is 1.86. The number of hydrogen-bond acceptors (Lipinski definition) is 4. The van der Waals surface area contributed by atoms with Crippen molar-refractivity contribution < 1.29 is 5.11 Å². The van der Waals surface area contributed by atoms with Gasteiger partial charge in [0.25, 0.3) is 0 Å². The topological polar surface area (TPSA) is 63.0 Å². The molecule has 0 spiro atoms. The first-order chi connectivity index (χ1) is 6.63. The minimum atomic E-state index is 0.122. The highest BCUT2D eigenvalue weighted by molar-refractivity contribution is 4.91. The highest BCUT2D eigenvalue weighted by Gasteiger charge is 2.11. The zero-order valence-electron chi connectivity index (χ0n) is 8.94. The largest absolute Gasteiger partial charge is 0.395 e. The van der Waals surface area contributed by atoms with Gasteiger partial charge in [0.05, 0.1) is 12.3 Å². The molecule has 1 heterocycles. The normalized spacial score (nSPS) is 13.5. The molecule has 80 valence electrons. The Kier molecular flexibility index (Phi) is 4.03. The summed E-state index contributed by atoms with van der Waals surface area (Å²) in [5, 5.41) is 20.1. The van der Waals surface area contributed by atoms with E-state index in [2.05, 4.69) is 29.5 Å². The van der Waals surface area contributed by atoms with Crippen molar-refractivity contribution in [1.82, 2.24) is 20.3 Å². The molecule has 0 saturated heterocycles. The van der Waals surface area contributed by atoms with Crippen LogP contribution in [-0.2, 0) is 13.6 Å². The molecule has 0 aliphatic rings. The fraction of sp³-hybridized carbons (Fsp3) is 0.778. The van der Waals surface area contributed by atoms with Crippen molar-refractivity contribution in [3.8, 4) is 0 Å². The zero-order chi connectivity index (χ0) is 10.6. The van der Waals surface area contributed by atoms with Crippen molar-refractivity contribution in [3.63, 3.8) is 0 Å². The van der Waals surface area contributed by atoms with Gasteiger partial charge < -0.3 is 10.4 Å². The summed E-state index contributed by atoms with van der Waals surface area (Å²) >= 11 is 0. The molecule has 0 radical (unpaired) electrons. The van der Waals surface area contributed by atoms with Gasteiger partial charge in [-0.3, -0.25) is 4.68 Å². The quantitative estimate of drug-likeness (QED) is 0.694. The highest BCUT2D eigenvalue weighted by Crippen LogP contribution is 2.01. The molecular weight excluding hydrogens is 180 g/mol. The van der Waals surface area contributed by atoms with Gasteiger partial charge in [-0.15, -0.1) is 5.10 Å². The number of rotatable bonds is 5. The van der Waals surface area contributed by atoms with Crippen molar-refractivity contribution in [2.45, 2.75) is 26.4 Å². The van der Waals surface area contributed by atoms with E-state index >= 15 is 0 Å². The third-order valence-corrected chi connectivity index (χ3v) is 2.20. The standard InChI is InChI=1S/C9H18N4O/c1-7(2)9(6-14)10-4-8-5-13(3)12-11-8/h5,7,9-10,14H,4,6H2,1-3H3/t9-/m1/s1. The molecule has 1 aromatic rings. The molecule has 2 N–H and O–H groups in total. The lowest BCUT2D eigenvalue weighted by molar-refractivity contribution is 0.209. The van der Waals surface area contributed by atoms with Crippen LogP contribution in [0.4, 0.5) is 0 Å². The van der Waals surface area contributed by atoms with Crippen molar-refractivity contribution in [3.05, 3.63) is 11.9 Å². The molecule has 0 saturated carbocycles. The molecule has 0 amide bonds. The lowest BCUT2D eigenvalue weighted by Gasteiger charge is -2.18. The molecule has 5 heteroatoms. The van der Waals surface area contributed by atoms with Crippen LogP contribution in [0, 0.1) is 5.92 Å². The first kappa shape index (κ1) is 11.1. The lowest BCUT2D eigenvalue weighted by Crippen LogP contribution is -2.36. The molecule has 0 fully saturated rings. The minimum Gasteiger partial charge on any atom is -0.395 e. The maximum absolute atomic E-state index is 9.08. The number of aromatic nitrogens is 3. The Morgan fingerprint density at radius 1 is 1.57 bits per heavy atom. The summed E-state index contributed by atoms with van der Waals surface area (Å²) < 4.78 is 1.67. The predicted octanol–water partition coefficient (Wildman–Crippen LogP) is -0.0784. The van der Waals surface area contributed by atoms with Crippen molar-refractivity contribution in [2.24, 2.45) is 13.0 Å². The SMILES string of the molecule is CC(C)[C@@H](CO)NCc1cn(C)nn1. The summed E-state index contributed by atoms with van der Waals surface area (Å²) in [5.41, 5.74) is 0.895. The van der Waals surface area contributed by atoms with Crippen LogP contribution >= 0.6 is 0 Å². The van der Waals surface area contributed by atoms with E-state index in [9.17, 15) is 0 Å². The second-order valence-corrected chi connectivity index (χ2v) is 3.80. The van der Waals surface area contributed by atoms with E-state index in [-0.39, 0.29) is 12.6 Å². The van der Waals surface area contributed by atoms with E-state index in [0.29, 0.717) is 12.5 Å². The van der Waals surface area contributed by atoms with Gasteiger partial charge in [-0.05, 0) is 5.92 Å². The number of aliphatic hydroxyl groups is 1. The van der Waals surface area contributed by atoms with Gasteiger partial charge in [-0.2, -0.15) is 0 Å². The van der Waals surface area contributed by atoms with Crippen LogP contribution in [0.3, 0.4) is 0 Å². The Morgan fingerprint density at radius 3 is 2.71 bits per heavy atom. The summed E-state index contributed by atoms with van der Waals surface area (Å²) in [7, 11) is 1.84. The lowest BCUT2D eigenvalue weighted by atomic mass is 10.1. The average Bonchev–Trinajstić information content (AvgIpc) is 2.52. The highest BCUT2D eigenvalue weighted by atomic mass is 16.3. The predicted molar refractivity (Wildman–Crippen MR) is 53.6 cm³/mol. The average molecular weight is 198 g/mol. The van der Waals surface area contributed by atoms with Gasteiger partial charge in [0.1, 0.15) is 0 Å². The molecule has 5 nitrogen and oxygen atoms in total. The molecule has 0 unspecified atom stereocenters. The molecular formula is C9H18N4O. The van der Waals surface area contributed by atoms with Crippen LogP contribution in [0.5, 0.6) is 0 Å². The van der Waals surface area contributed by atoms with Crippen LogP contribution in [0.1, 0.15) is 19.5 Å². The molecule has 0 bridgehead atoms. The molecule has 0 aromatic carbocycles. The molecule has 1 rings (SSSR count). The Bertz CT molecular complexity index is 272. The van der Waals surface area contributed by atoms with Gasteiger partial charge in [0.15, 0.2) is 0 Å². The Balaban J connectivity index is 2.39. The maximum atomic E-state index is 9.08. The fourth-order valence-corrected chi connectivity index (χ4v) is 1.22. The van der Waals surface area contributed by atoms with E-state index < -0.39 is 0 Å². The second-order valence-electron chi connectivity index (χ2n) is 3.80. The van der Waals surface area contributed by atoms with E-state index in [1.807, 2.05) is 13.2 Å². The Morgan fingerprint density at radius 2 is 2.29 bits per heavy atom. The maximum Gasteiger partial charge on any atom is 0.0964 e. The van der Waals surface area contributed by atoms with Crippen molar-refractivity contribution in [1.29, 1.82) is 0 Å². The van der Waals surface area contributed by atoms with E-state index in [1.54, 1.807) is 4.68 Å². The summed E-state index contributed by atoms with van der Waals surface area (Å²) in [6, 6.07) is 0.122. The van der Waals surface area contributed by atoms with Gasteiger partial charge in [0.2, 0.25) is 0 Å². The van der Waals surface area contributed by atoms with Gasteiger partial charge in [-0.1, -0.05) is 19.1 Å². The Labute approximate surface area is 84.1 Å². The number of nitrogens with one attached hydrogen (secondary N) is 1. The number of aryl methyl sites for hydroxylation is 1. The summed E-state index contributed by atoms with van der Waals surface area (Å²) in [5.74, 6) is 0.414. The monoisotopic (exact) mass is 198 g/mol. The number of nitrogens with zero attached hydrogens (tertiary/aromatic N) is 3. The van der Waals surface area contributed by atoms with E-state index in [0.717, 1.165) is 5.69 Å². The van der Waals surface area contributed by atoms with Crippen LogP contribution in [0.25, 0.3) is 0 Å². The summed E-state index contributed by atoms with van der Waals surface area (Å²) in [4.78, 5) is 0. The van der Waals surface area contributed by atoms with Crippen LogP contribution in [0.15, 0.2) is 6.20 Å². The van der Waals surface area contributed by atoms with Crippen LogP contribution in [-0.4, -0.2) is 32.7 Å². The van der Waals surface area contributed by atoms with Gasteiger partial charge in [0, 0.05) is 25.8 Å². The third-order valence-electron chi connectivity index (χ3n) is 2.20. The van der Waals surface area contributed by atoms with E-state index in [4.69, 9.17) is 5.11 Å². The van der Waals surface area contributed by atoms with Crippen molar-refractivity contribution in [2.75, 3.05) is 6.61 Å². The molecule has 1 atom stereocenters. The van der Waals surface area contributed by atoms with Crippen LogP contribution in [0.2, 0.25) is 0 Å². The first-order valence-corrected chi connectivity index (χ1v) is 4.83. The smallest absolute Gasteiger partial charge is 0.0964 e.